The number of carbonyl (C=O) groups is 1. The zero-order valence-corrected chi connectivity index (χ0v) is 11.1. The van der Waals surface area contributed by atoms with Crippen molar-refractivity contribution in [2.45, 2.75) is 32.1 Å². The van der Waals surface area contributed by atoms with Crippen LogP contribution >= 0.6 is 0 Å². The largest absolute Gasteiger partial charge is 0.502 e. The Bertz CT molecular complexity index is 545. The van der Waals surface area contributed by atoms with Gasteiger partial charge in [-0.3, -0.25) is 14.9 Å². The lowest BCUT2D eigenvalue weighted by Crippen LogP contribution is -2.15. The van der Waals surface area contributed by atoms with Crippen LogP contribution in [0.4, 0.5) is 5.69 Å². The molecule has 0 radical (unpaired) electrons. The van der Waals surface area contributed by atoms with Crippen LogP contribution in [0.25, 0.3) is 6.08 Å². The third-order valence-electron chi connectivity index (χ3n) is 3.64. The number of ketones is 1. The van der Waals surface area contributed by atoms with Gasteiger partial charge in [-0.25, -0.2) is 0 Å². The van der Waals surface area contributed by atoms with Crippen molar-refractivity contribution in [2.24, 2.45) is 5.92 Å². The molecule has 5 heteroatoms. The summed E-state index contributed by atoms with van der Waals surface area (Å²) in [7, 11) is 0. The minimum atomic E-state index is -0.643. The normalized spacial score (nSPS) is 16.4. The topological polar surface area (TPSA) is 80.4 Å². The SMILES string of the molecule is O=C(/C=C/c1ccc(O)c([N+](=O)[O-])c1)C1CCCCC1. The van der Waals surface area contributed by atoms with Crippen molar-refractivity contribution in [3.8, 4) is 5.75 Å². The highest BCUT2D eigenvalue weighted by Gasteiger charge is 2.19. The molecule has 1 saturated carbocycles. The van der Waals surface area contributed by atoms with E-state index in [1.54, 1.807) is 12.1 Å². The quantitative estimate of drug-likeness (QED) is 0.518. The fourth-order valence-corrected chi connectivity index (χ4v) is 2.49. The second-order valence-electron chi connectivity index (χ2n) is 5.08. The van der Waals surface area contributed by atoms with Crippen LogP contribution in [0, 0.1) is 16.0 Å². The molecular weight excluding hydrogens is 258 g/mol. The first-order valence-corrected chi connectivity index (χ1v) is 6.77. The maximum absolute atomic E-state index is 12.0. The summed E-state index contributed by atoms with van der Waals surface area (Å²) in [5, 5.41) is 20.1. The number of rotatable bonds is 4. The molecule has 1 N–H and O–H groups in total. The molecule has 0 bridgehead atoms. The van der Waals surface area contributed by atoms with E-state index in [1.807, 2.05) is 0 Å². The summed E-state index contributed by atoms with van der Waals surface area (Å²) in [5.41, 5.74) is 0.191. The number of aromatic hydroxyl groups is 1. The predicted octanol–water partition coefficient (Wildman–Crippen LogP) is 3.46. The Hall–Kier alpha value is -2.17. The lowest BCUT2D eigenvalue weighted by atomic mass is 9.86. The number of nitrogens with zero attached hydrogens (tertiary/aromatic N) is 1. The lowest BCUT2D eigenvalue weighted by molar-refractivity contribution is -0.385. The molecule has 0 heterocycles. The molecule has 0 atom stereocenters. The first kappa shape index (κ1) is 14.2. The molecule has 2 rings (SSSR count). The van der Waals surface area contributed by atoms with Gasteiger partial charge in [0.05, 0.1) is 4.92 Å². The summed E-state index contributed by atoms with van der Waals surface area (Å²) in [6.45, 7) is 0. The van der Waals surface area contributed by atoms with Crippen LogP contribution in [0.15, 0.2) is 24.3 Å². The minimum absolute atomic E-state index is 0.0837. The summed E-state index contributed by atoms with van der Waals surface area (Å²) >= 11 is 0. The maximum Gasteiger partial charge on any atom is 0.311 e. The molecular formula is C15H17NO4. The molecule has 0 saturated heterocycles. The van der Waals surface area contributed by atoms with Gasteiger partial charge in [-0.1, -0.05) is 31.4 Å². The third kappa shape index (κ3) is 3.44. The zero-order valence-electron chi connectivity index (χ0n) is 11.1. The van der Waals surface area contributed by atoms with Crippen LogP contribution < -0.4 is 0 Å². The van der Waals surface area contributed by atoms with E-state index in [0.717, 1.165) is 25.7 Å². The molecule has 5 nitrogen and oxygen atoms in total. The van der Waals surface area contributed by atoms with Crippen LogP contribution in [0.1, 0.15) is 37.7 Å². The Morgan fingerprint density at radius 3 is 2.65 bits per heavy atom. The van der Waals surface area contributed by atoms with Gasteiger partial charge >= 0.3 is 5.69 Å². The van der Waals surface area contributed by atoms with E-state index in [0.29, 0.717) is 5.56 Å². The first-order valence-electron chi connectivity index (χ1n) is 6.77. The van der Waals surface area contributed by atoms with Gasteiger partial charge in [-0.15, -0.1) is 0 Å². The van der Waals surface area contributed by atoms with Gasteiger partial charge in [-0.05, 0) is 30.5 Å². The number of nitro groups is 1. The van der Waals surface area contributed by atoms with Crippen molar-refractivity contribution < 1.29 is 14.8 Å². The molecule has 1 aliphatic carbocycles. The van der Waals surface area contributed by atoms with E-state index in [4.69, 9.17) is 0 Å². The van der Waals surface area contributed by atoms with Crippen LogP contribution in [0.5, 0.6) is 5.75 Å². The smallest absolute Gasteiger partial charge is 0.311 e. The van der Waals surface area contributed by atoms with Gasteiger partial charge in [0.15, 0.2) is 11.5 Å². The van der Waals surface area contributed by atoms with E-state index in [2.05, 4.69) is 0 Å². The van der Waals surface area contributed by atoms with Gasteiger partial charge in [0, 0.05) is 12.0 Å². The van der Waals surface area contributed by atoms with Crippen LogP contribution in [0.2, 0.25) is 0 Å². The summed E-state index contributed by atoms with van der Waals surface area (Å²) < 4.78 is 0. The van der Waals surface area contributed by atoms with Crippen molar-refractivity contribution in [1.29, 1.82) is 0 Å². The number of phenols is 1. The third-order valence-corrected chi connectivity index (χ3v) is 3.64. The van der Waals surface area contributed by atoms with Crippen LogP contribution in [-0.2, 0) is 4.79 Å². The summed E-state index contributed by atoms with van der Waals surface area (Å²) in [5.74, 6) is -0.196. The van der Waals surface area contributed by atoms with E-state index in [9.17, 15) is 20.0 Å². The fraction of sp³-hybridized carbons (Fsp3) is 0.400. The molecule has 0 spiro atoms. The predicted molar refractivity (Wildman–Crippen MR) is 75.4 cm³/mol. The molecule has 20 heavy (non-hydrogen) atoms. The van der Waals surface area contributed by atoms with Crippen molar-refractivity contribution in [2.75, 3.05) is 0 Å². The van der Waals surface area contributed by atoms with E-state index < -0.39 is 4.92 Å². The number of nitro benzene ring substituents is 1. The standard InChI is InChI=1S/C15H17NO4/c17-14(12-4-2-1-3-5-12)8-6-11-7-9-15(18)13(10-11)16(19)20/h6-10,12,18H,1-5H2/b8-6+. The number of carbonyl (C=O) groups excluding carboxylic acids is 1. The highest BCUT2D eigenvalue weighted by Crippen LogP contribution is 2.28. The Labute approximate surface area is 117 Å². The second kappa shape index (κ2) is 6.32. The van der Waals surface area contributed by atoms with Crippen LogP contribution in [0.3, 0.4) is 0 Å². The van der Waals surface area contributed by atoms with Crippen molar-refractivity contribution in [3.05, 3.63) is 40.0 Å². The molecule has 106 valence electrons. The van der Waals surface area contributed by atoms with Gasteiger partial charge in [0.1, 0.15) is 0 Å². The van der Waals surface area contributed by atoms with Gasteiger partial charge in [0.2, 0.25) is 0 Å². The zero-order chi connectivity index (χ0) is 14.5. The number of phenolic OH excluding ortho intramolecular Hbond substituents is 1. The summed E-state index contributed by atoms with van der Waals surface area (Å²) in [6.07, 6.45) is 8.30. The Balaban J connectivity index is 2.09. The number of benzene rings is 1. The average Bonchev–Trinajstić information content (AvgIpc) is 2.46. The monoisotopic (exact) mass is 275 g/mol. The molecule has 1 aliphatic rings. The summed E-state index contributed by atoms with van der Waals surface area (Å²) in [4.78, 5) is 22.1. The van der Waals surface area contributed by atoms with Gasteiger partial charge in [0.25, 0.3) is 0 Å². The molecule has 0 amide bonds. The molecule has 0 aliphatic heterocycles. The fourth-order valence-electron chi connectivity index (χ4n) is 2.49. The summed E-state index contributed by atoms with van der Waals surface area (Å²) in [6, 6.07) is 4.08. The second-order valence-corrected chi connectivity index (χ2v) is 5.08. The molecule has 0 unspecified atom stereocenters. The number of hydrogen-bond donors (Lipinski definition) is 1. The first-order chi connectivity index (χ1) is 9.58. The van der Waals surface area contributed by atoms with Crippen molar-refractivity contribution in [1.82, 2.24) is 0 Å². The minimum Gasteiger partial charge on any atom is -0.502 e. The molecule has 1 aromatic rings. The van der Waals surface area contributed by atoms with E-state index >= 15 is 0 Å². The maximum atomic E-state index is 12.0. The van der Waals surface area contributed by atoms with Crippen LogP contribution in [-0.4, -0.2) is 15.8 Å². The van der Waals surface area contributed by atoms with Crippen molar-refractivity contribution >= 4 is 17.5 Å². The molecule has 1 fully saturated rings. The lowest BCUT2D eigenvalue weighted by Gasteiger charge is -2.18. The number of allylic oxidation sites excluding steroid dienone is 1. The van der Waals surface area contributed by atoms with E-state index in [1.165, 1.54) is 24.6 Å². The Kier molecular flexibility index (Phi) is 4.50. The Morgan fingerprint density at radius 1 is 1.30 bits per heavy atom. The molecule has 1 aromatic carbocycles. The number of hydrogen-bond acceptors (Lipinski definition) is 4. The highest BCUT2D eigenvalue weighted by molar-refractivity contribution is 5.95. The van der Waals surface area contributed by atoms with E-state index in [-0.39, 0.29) is 23.1 Å². The Morgan fingerprint density at radius 2 is 2.00 bits per heavy atom. The van der Waals surface area contributed by atoms with Crippen molar-refractivity contribution in [3.63, 3.8) is 0 Å². The average molecular weight is 275 g/mol. The highest BCUT2D eigenvalue weighted by atomic mass is 16.6. The molecule has 0 aromatic heterocycles. The van der Waals surface area contributed by atoms with Gasteiger partial charge in [-0.2, -0.15) is 0 Å². The van der Waals surface area contributed by atoms with Gasteiger partial charge < -0.3 is 5.11 Å².